The normalized spacial score (nSPS) is 16.1. The van der Waals surface area contributed by atoms with E-state index >= 15 is 0 Å². The Kier molecular flexibility index (Phi) is 4.58. The van der Waals surface area contributed by atoms with Crippen molar-refractivity contribution in [3.8, 4) is 28.1 Å². The highest BCUT2D eigenvalue weighted by molar-refractivity contribution is 6.31. The van der Waals surface area contributed by atoms with Gasteiger partial charge in [-0.2, -0.15) is 5.10 Å². The van der Waals surface area contributed by atoms with Crippen LogP contribution in [-0.2, 0) is 0 Å². The van der Waals surface area contributed by atoms with E-state index in [-0.39, 0.29) is 6.10 Å². The monoisotopic (exact) mass is 420 g/mol. The molecule has 5 aromatic rings. The maximum Gasteiger partial charge on any atom is 0.163 e. The van der Waals surface area contributed by atoms with Gasteiger partial charge in [0, 0.05) is 35.5 Å². The first-order valence-corrected chi connectivity index (χ1v) is 10.8. The lowest BCUT2D eigenvalue weighted by Crippen LogP contribution is -2.19. The molecule has 1 atom stereocenters. The van der Waals surface area contributed by atoms with E-state index in [1.165, 1.54) is 0 Å². The molecular formula is C24H21BN6O. The Hall–Kier alpha value is -3.78. The molecule has 1 saturated heterocycles. The van der Waals surface area contributed by atoms with Crippen LogP contribution in [0, 0.1) is 0 Å². The zero-order valence-corrected chi connectivity index (χ0v) is 17.7. The van der Waals surface area contributed by atoms with Gasteiger partial charge in [-0.15, -0.1) is 0 Å². The fourth-order valence-corrected chi connectivity index (χ4v) is 4.23. The minimum absolute atomic E-state index is 0.219. The molecule has 1 aromatic carbocycles. The van der Waals surface area contributed by atoms with Crippen LogP contribution >= 0.6 is 0 Å². The topological polar surface area (TPSA) is 77.2 Å². The summed E-state index contributed by atoms with van der Waals surface area (Å²) in [6.07, 6.45) is 8.69. The van der Waals surface area contributed by atoms with Crippen LogP contribution in [0.1, 0.15) is 6.42 Å². The third kappa shape index (κ3) is 3.38. The number of ether oxygens (including phenoxy) is 1. The van der Waals surface area contributed by atoms with E-state index in [1.807, 2.05) is 56.8 Å². The first kappa shape index (κ1) is 19.0. The highest BCUT2D eigenvalue weighted by Gasteiger charge is 2.16. The zero-order chi connectivity index (χ0) is 21.5. The maximum atomic E-state index is 5.97. The van der Waals surface area contributed by atoms with Crippen molar-refractivity contribution < 1.29 is 4.74 Å². The molecule has 1 aliphatic rings. The molecule has 7 nitrogen and oxygen atoms in total. The molecule has 6 rings (SSSR count). The maximum absolute atomic E-state index is 5.97. The molecule has 0 spiro atoms. The van der Waals surface area contributed by atoms with Crippen molar-refractivity contribution in [2.24, 2.45) is 0 Å². The van der Waals surface area contributed by atoms with Gasteiger partial charge in [-0.3, -0.25) is 9.97 Å². The Morgan fingerprint density at radius 3 is 2.81 bits per heavy atom. The molecule has 4 aromatic heterocycles. The van der Waals surface area contributed by atoms with Gasteiger partial charge in [-0.1, -0.05) is 24.3 Å². The van der Waals surface area contributed by atoms with Gasteiger partial charge in [-0.25, -0.2) is 9.50 Å². The predicted octanol–water partition coefficient (Wildman–Crippen LogP) is 2.01. The summed E-state index contributed by atoms with van der Waals surface area (Å²) in [5, 5.41) is 8.96. The Morgan fingerprint density at radius 1 is 1.00 bits per heavy atom. The largest absolute Gasteiger partial charge is 0.487 e. The summed E-state index contributed by atoms with van der Waals surface area (Å²) in [6.45, 7) is 1.89. The van der Waals surface area contributed by atoms with E-state index in [0.717, 1.165) is 69.8 Å². The minimum Gasteiger partial charge on any atom is -0.487 e. The molecule has 0 unspecified atom stereocenters. The van der Waals surface area contributed by atoms with E-state index in [2.05, 4.69) is 32.5 Å². The molecule has 1 fully saturated rings. The summed E-state index contributed by atoms with van der Waals surface area (Å²) in [7, 11) is 2.00. The molecule has 5 heterocycles. The highest BCUT2D eigenvalue weighted by atomic mass is 16.5. The third-order valence-electron chi connectivity index (χ3n) is 5.87. The zero-order valence-electron chi connectivity index (χ0n) is 17.7. The molecule has 8 heteroatoms. The summed E-state index contributed by atoms with van der Waals surface area (Å²) >= 11 is 0. The molecule has 0 bridgehead atoms. The number of nitrogens with one attached hydrogen (secondary N) is 1. The standard InChI is InChI=1S/C24H21BN6O/c25-23-7-5-19-18(2-1-3-22(19)30-23)20-13-29-31-14-15(10-28-24(20)31)21-6-4-16(12-27-21)32-17-8-9-26-11-17/h1-7,10,12-14,17,26H,8-9,11,25H2/t17-/m0/s1. The Morgan fingerprint density at radius 2 is 1.97 bits per heavy atom. The summed E-state index contributed by atoms with van der Waals surface area (Å²) in [4.78, 5) is 14.0. The van der Waals surface area contributed by atoms with Crippen LogP contribution in [0.25, 0.3) is 38.9 Å². The number of fused-ring (bicyclic) bond motifs is 2. The van der Waals surface area contributed by atoms with E-state index in [0.29, 0.717) is 0 Å². The fraction of sp³-hybridized carbons (Fsp3) is 0.167. The smallest absolute Gasteiger partial charge is 0.163 e. The van der Waals surface area contributed by atoms with E-state index in [1.54, 1.807) is 10.7 Å². The lowest BCUT2D eigenvalue weighted by Gasteiger charge is -2.12. The van der Waals surface area contributed by atoms with Gasteiger partial charge < -0.3 is 10.1 Å². The first-order valence-electron chi connectivity index (χ1n) is 10.8. The van der Waals surface area contributed by atoms with Gasteiger partial charge in [0.1, 0.15) is 11.9 Å². The number of hydrogen-bond donors (Lipinski definition) is 1. The summed E-state index contributed by atoms with van der Waals surface area (Å²) < 4.78 is 7.77. The van der Waals surface area contributed by atoms with Gasteiger partial charge in [0.15, 0.2) is 13.5 Å². The van der Waals surface area contributed by atoms with Crippen LogP contribution in [0.15, 0.2) is 67.3 Å². The second-order valence-electron chi connectivity index (χ2n) is 8.11. The van der Waals surface area contributed by atoms with Crippen molar-refractivity contribution in [2.75, 3.05) is 13.1 Å². The summed E-state index contributed by atoms with van der Waals surface area (Å²) in [6, 6.07) is 14.2. The van der Waals surface area contributed by atoms with E-state index < -0.39 is 0 Å². The number of aromatic nitrogens is 5. The number of hydrogen-bond acceptors (Lipinski definition) is 6. The second-order valence-corrected chi connectivity index (χ2v) is 8.11. The molecular weight excluding hydrogens is 399 g/mol. The van der Waals surface area contributed by atoms with Gasteiger partial charge in [0.25, 0.3) is 0 Å². The number of nitrogens with zero attached hydrogens (tertiary/aromatic N) is 5. The Balaban J connectivity index is 1.33. The van der Waals surface area contributed by atoms with Crippen LogP contribution in [0.5, 0.6) is 5.75 Å². The van der Waals surface area contributed by atoms with Crippen LogP contribution in [0.2, 0.25) is 0 Å². The van der Waals surface area contributed by atoms with E-state index in [9.17, 15) is 0 Å². The minimum atomic E-state index is 0.219. The van der Waals surface area contributed by atoms with Crippen LogP contribution < -0.4 is 15.6 Å². The average molecular weight is 420 g/mol. The molecule has 156 valence electrons. The van der Waals surface area contributed by atoms with Crippen molar-refractivity contribution in [1.29, 1.82) is 0 Å². The molecule has 0 amide bonds. The van der Waals surface area contributed by atoms with Gasteiger partial charge in [-0.05, 0) is 42.3 Å². The van der Waals surface area contributed by atoms with Gasteiger partial charge in [0.2, 0.25) is 0 Å². The molecule has 1 aliphatic heterocycles. The first-order chi connectivity index (χ1) is 15.7. The SMILES string of the molecule is Bc1ccc2c(-c3cnn4cc(-c5ccc(O[C@H]6CCNC6)cn5)cnc34)cccc2n1. The van der Waals surface area contributed by atoms with Gasteiger partial charge >= 0.3 is 0 Å². The van der Waals surface area contributed by atoms with Crippen molar-refractivity contribution in [3.63, 3.8) is 0 Å². The lowest BCUT2D eigenvalue weighted by atomic mass is 9.99. The molecule has 32 heavy (non-hydrogen) atoms. The Bertz CT molecular complexity index is 1430. The second kappa shape index (κ2) is 7.73. The number of rotatable bonds is 4. The van der Waals surface area contributed by atoms with Crippen molar-refractivity contribution in [2.45, 2.75) is 12.5 Å². The van der Waals surface area contributed by atoms with Crippen molar-refractivity contribution >= 4 is 30.0 Å². The molecule has 0 saturated carbocycles. The predicted molar refractivity (Wildman–Crippen MR) is 127 cm³/mol. The quantitative estimate of drug-likeness (QED) is 0.449. The summed E-state index contributed by atoms with van der Waals surface area (Å²) in [5.74, 6) is 0.790. The molecule has 0 aliphatic carbocycles. The van der Waals surface area contributed by atoms with Crippen molar-refractivity contribution in [1.82, 2.24) is 29.9 Å². The van der Waals surface area contributed by atoms with Crippen molar-refractivity contribution in [3.05, 3.63) is 67.3 Å². The Labute approximate surface area is 185 Å². The third-order valence-corrected chi connectivity index (χ3v) is 5.87. The molecule has 0 radical (unpaired) electrons. The lowest BCUT2D eigenvalue weighted by molar-refractivity contribution is 0.222. The van der Waals surface area contributed by atoms with Crippen LogP contribution in [-0.4, -0.2) is 51.6 Å². The highest BCUT2D eigenvalue weighted by Crippen LogP contribution is 2.30. The van der Waals surface area contributed by atoms with Gasteiger partial charge in [0.05, 0.1) is 23.6 Å². The van der Waals surface area contributed by atoms with E-state index in [4.69, 9.17) is 9.72 Å². The van der Waals surface area contributed by atoms with Crippen LogP contribution in [0.3, 0.4) is 0 Å². The van der Waals surface area contributed by atoms with Crippen LogP contribution in [0.4, 0.5) is 0 Å². The average Bonchev–Trinajstić information content (AvgIpc) is 3.48. The molecule has 1 N–H and O–H groups in total. The summed E-state index contributed by atoms with van der Waals surface area (Å²) in [5.41, 5.74) is 6.56. The number of pyridine rings is 2. The number of benzene rings is 1. The fourth-order valence-electron chi connectivity index (χ4n) is 4.23.